The molecule has 21 heavy (non-hydrogen) atoms. The zero-order chi connectivity index (χ0) is 15.6. The smallest absolute Gasteiger partial charge is 0.314 e. The number of piperidine rings is 1. The lowest BCUT2D eigenvalue weighted by molar-refractivity contribution is 0.170. The number of hydrogen-bond donors (Lipinski definition) is 1. The van der Waals surface area contributed by atoms with E-state index in [2.05, 4.69) is 4.98 Å². The van der Waals surface area contributed by atoms with Gasteiger partial charge in [0.2, 0.25) is 10.0 Å². The molecule has 9 heteroatoms. The van der Waals surface area contributed by atoms with Crippen LogP contribution in [0.15, 0.2) is 23.2 Å². The normalized spacial score (nSPS) is 17.6. The zero-order valence-corrected chi connectivity index (χ0v) is 13.1. The number of pyridine rings is 1. The van der Waals surface area contributed by atoms with Crippen molar-refractivity contribution in [1.82, 2.24) is 14.2 Å². The molecule has 0 aromatic carbocycles. The number of halogens is 1. The first kappa shape index (κ1) is 16.0. The van der Waals surface area contributed by atoms with Crippen LogP contribution in [0.5, 0.6) is 0 Å². The quantitative estimate of drug-likeness (QED) is 0.831. The van der Waals surface area contributed by atoms with Crippen molar-refractivity contribution in [2.24, 2.45) is 5.73 Å². The summed E-state index contributed by atoms with van der Waals surface area (Å²) >= 11 is 5.66. The maximum absolute atomic E-state index is 12.4. The Kier molecular flexibility index (Phi) is 4.70. The molecule has 0 radical (unpaired) electrons. The fourth-order valence-electron chi connectivity index (χ4n) is 2.31. The van der Waals surface area contributed by atoms with Crippen LogP contribution in [0.3, 0.4) is 0 Å². The summed E-state index contributed by atoms with van der Waals surface area (Å²) in [7, 11) is -1.95. The highest BCUT2D eigenvalue weighted by Gasteiger charge is 2.31. The minimum absolute atomic E-state index is 0.0303. The molecule has 7 nitrogen and oxygen atoms in total. The highest BCUT2D eigenvalue weighted by molar-refractivity contribution is 7.89. The fraction of sp³-hybridized carbons (Fsp3) is 0.500. The van der Waals surface area contributed by atoms with Crippen LogP contribution in [0.4, 0.5) is 4.79 Å². The Morgan fingerprint density at radius 2 is 2.05 bits per heavy atom. The average Bonchev–Trinajstić information content (AvgIpc) is 2.47. The van der Waals surface area contributed by atoms with Gasteiger partial charge in [0.25, 0.3) is 0 Å². The van der Waals surface area contributed by atoms with Crippen LogP contribution in [0.2, 0.25) is 5.15 Å². The summed E-state index contributed by atoms with van der Waals surface area (Å²) in [4.78, 5) is 16.5. The third-order valence-corrected chi connectivity index (χ3v) is 5.76. The molecule has 0 atom stereocenters. The number of sulfonamides is 1. The van der Waals surface area contributed by atoms with Gasteiger partial charge in [-0.25, -0.2) is 18.2 Å². The Labute approximate surface area is 128 Å². The summed E-state index contributed by atoms with van der Waals surface area (Å²) in [6.07, 6.45) is 2.36. The van der Waals surface area contributed by atoms with Crippen molar-refractivity contribution < 1.29 is 13.2 Å². The van der Waals surface area contributed by atoms with Crippen LogP contribution < -0.4 is 5.73 Å². The minimum Gasteiger partial charge on any atom is -0.351 e. The lowest BCUT2D eigenvalue weighted by Crippen LogP contribution is -2.48. The predicted molar refractivity (Wildman–Crippen MR) is 78.4 cm³/mol. The highest BCUT2D eigenvalue weighted by atomic mass is 35.5. The van der Waals surface area contributed by atoms with Gasteiger partial charge >= 0.3 is 6.03 Å². The van der Waals surface area contributed by atoms with E-state index in [-0.39, 0.29) is 16.1 Å². The number of urea groups is 1. The van der Waals surface area contributed by atoms with Crippen LogP contribution in [-0.4, -0.2) is 54.8 Å². The van der Waals surface area contributed by atoms with Crippen molar-refractivity contribution in [2.75, 3.05) is 20.1 Å². The monoisotopic (exact) mass is 332 g/mol. The lowest BCUT2D eigenvalue weighted by Gasteiger charge is -2.35. The van der Waals surface area contributed by atoms with Crippen molar-refractivity contribution in [3.05, 3.63) is 23.5 Å². The van der Waals surface area contributed by atoms with Crippen molar-refractivity contribution in [1.29, 1.82) is 0 Å². The molecule has 2 amide bonds. The number of hydrogen-bond acceptors (Lipinski definition) is 4. The number of nitrogens with zero attached hydrogens (tertiary/aromatic N) is 3. The van der Waals surface area contributed by atoms with E-state index in [0.717, 1.165) is 0 Å². The molecule has 0 bridgehead atoms. The van der Waals surface area contributed by atoms with E-state index in [4.69, 9.17) is 17.3 Å². The van der Waals surface area contributed by atoms with E-state index >= 15 is 0 Å². The second-order valence-corrected chi connectivity index (χ2v) is 7.23. The van der Waals surface area contributed by atoms with Gasteiger partial charge < -0.3 is 10.6 Å². The Hall–Kier alpha value is -1.38. The number of primary amides is 1. The van der Waals surface area contributed by atoms with Gasteiger partial charge in [-0.1, -0.05) is 11.6 Å². The molecule has 2 heterocycles. The summed E-state index contributed by atoms with van der Waals surface area (Å²) in [5, 5.41) is 0.246. The zero-order valence-electron chi connectivity index (χ0n) is 11.6. The predicted octanol–water partition coefficient (Wildman–Crippen LogP) is 0.899. The van der Waals surface area contributed by atoms with Crippen LogP contribution in [0, 0.1) is 0 Å². The second kappa shape index (κ2) is 6.17. The van der Waals surface area contributed by atoms with Crippen LogP contribution in [0.25, 0.3) is 0 Å². The van der Waals surface area contributed by atoms with E-state index in [1.807, 2.05) is 0 Å². The van der Waals surface area contributed by atoms with E-state index < -0.39 is 16.1 Å². The van der Waals surface area contributed by atoms with Gasteiger partial charge in [-0.05, 0) is 25.0 Å². The van der Waals surface area contributed by atoms with Gasteiger partial charge in [-0.15, -0.1) is 0 Å². The van der Waals surface area contributed by atoms with Gasteiger partial charge in [0.15, 0.2) is 0 Å². The first-order valence-corrected chi connectivity index (χ1v) is 8.28. The Morgan fingerprint density at radius 1 is 1.43 bits per heavy atom. The lowest BCUT2D eigenvalue weighted by atomic mass is 10.1. The van der Waals surface area contributed by atoms with E-state index in [9.17, 15) is 13.2 Å². The molecular weight excluding hydrogens is 316 g/mol. The minimum atomic E-state index is -3.57. The first-order chi connectivity index (χ1) is 9.82. The molecule has 2 rings (SSSR count). The third-order valence-electron chi connectivity index (χ3n) is 3.66. The summed E-state index contributed by atoms with van der Waals surface area (Å²) in [6, 6.07) is 2.35. The number of carbonyl (C=O) groups is 1. The number of amides is 2. The molecule has 1 aliphatic rings. The Balaban J connectivity index is 2.07. The van der Waals surface area contributed by atoms with Crippen molar-refractivity contribution >= 4 is 27.7 Å². The summed E-state index contributed by atoms with van der Waals surface area (Å²) < 4.78 is 26.3. The largest absolute Gasteiger partial charge is 0.351 e. The van der Waals surface area contributed by atoms with E-state index in [0.29, 0.717) is 25.9 Å². The topological polar surface area (TPSA) is 96.6 Å². The maximum atomic E-state index is 12.4. The molecule has 0 spiro atoms. The second-order valence-electron chi connectivity index (χ2n) is 4.90. The van der Waals surface area contributed by atoms with E-state index in [1.54, 1.807) is 7.05 Å². The van der Waals surface area contributed by atoms with E-state index in [1.165, 1.54) is 27.5 Å². The molecule has 1 aromatic heterocycles. The molecule has 1 aliphatic heterocycles. The molecule has 1 aromatic rings. The molecule has 1 fully saturated rings. The molecule has 0 aliphatic carbocycles. The summed E-state index contributed by atoms with van der Waals surface area (Å²) in [5.74, 6) is 0. The van der Waals surface area contributed by atoms with Gasteiger partial charge in [0, 0.05) is 32.4 Å². The molecule has 116 valence electrons. The first-order valence-electron chi connectivity index (χ1n) is 6.46. The van der Waals surface area contributed by atoms with Gasteiger partial charge in [-0.3, -0.25) is 0 Å². The summed E-state index contributed by atoms with van der Waals surface area (Å²) in [6.45, 7) is 0.681. The van der Waals surface area contributed by atoms with Crippen molar-refractivity contribution in [2.45, 2.75) is 23.8 Å². The Bertz CT molecular complexity index is 612. The summed E-state index contributed by atoms with van der Waals surface area (Å²) in [5.41, 5.74) is 5.23. The van der Waals surface area contributed by atoms with Gasteiger partial charge in [0.1, 0.15) is 10.0 Å². The molecule has 2 N–H and O–H groups in total. The average molecular weight is 333 g/mol. The number of aromatic nitrogens is 1. The molecule has 0 saturated carbocycles. The molecule has 1 saturated heterocycles. The Morgan fingerprint density at radius 3 is 2.52 bits per heavy atom. The molecule has 0 unspecified atom stereocenters. The standard InChI is InChI=1S/C12H17ClN4O3S/c1-16(12(14)18)9-4-6-17(7-5-9)21(19,20)10-2-3-11(13)15-8-10/h2-3,8-9H,4-7H2,1H3,(H2,14,18). The van der Waals surface area contributed by atoms with Gasteiger partial charge in [-0.2, -0.15) is 4.31 Å². The third kappa shape index (κ3) is 3.45. The van der Waals surface area contributed by atoms with Crippen LogP contribution in [0.1, 0.15) is 12.8 Å². The van der Waals surface area contributed by atoms with Crippen molar-refractivity contribution in [3.8, 4) is 0 Å². The maximum Gasteiger partial charge on any atom is 0.314 e. The SMILES string of the molecule is CN(C(N)=O)C1CCN(S(=O)(=O)c2ccc(Cl)nc2)CC1. The number of carbonyl (C=O) groups excluding carboxylic acids is 1. The van der Waals surface area contributed by atoms with Crippen LogP contribution >= 0.6 is 11.6 Å². The number of rotatable bonds is 3. The highest BCUT2D eigenvalue weighted by Crippen LogP contribution is 2.22. The fourth-order valence-corrected chi connectivity index (χ4v) is 3.84. The van der Waals surface area contributed by atoms with Crippen molar-refractivity contribution in [3.63, 3.8) is 0 Å². The van der Waals surface area contributed by atoms with Crippen LogP contribution in [-0.2, 0) is 10.0 Å². The molecular formula is C12H17ClN4O3S. The number of nitrogens with two attached hydrogens (primary N) is 1. The van der Waals surface area contributed by atoms with Gasteiger partial charge in [0.05, 0.1) is 0 Å².